The Morgan fingerprint density at radius 1 is 1.17 bits per heavy atom. The maximum Gasteiger partial charge on any atom is 0.337 e. The maximum atomic E-state index is 11.6. The molecule has 1 aliphatic rings. The molecule has 1 fully saturated rings. The summed E-state index contributed by atoms with van der Waals surface area (Å²) in [4.78, 5) is 16.4. The second kappa shape index (κ2) is 7.59. The molecule has 128 valence electrons. The molecule has 1 saturated heterocycles. The Morgan fingerprint density at radius 2 is 1.88 bits per heavy atom. The van der Waals surface area contributed by atoms with E-state index in [1.54, 1.807) is 6.07 Å². The molecule has 0 saturated carbocycles. The average molecular weight is 329 g/mol. The molecule has 1 aromatic heterocycles. The molecule has 0 radical (unpaired) electrons. The summed E-state index contributed by atoms with van der Waals surface area (Å²) in [6.07, 6.45) is 0. The van der Waals surface area contributed by atoms with Crippen LogP contribution in [0.2, 0.25) is 0 Å². The molecule has 3 rings (SSSR count). The standard InChI is InChI=1S/C18H23N3O3/c1-14-10-17(19-24-14)13-21-8-6-20(7-9-21)12-15-4-3-5-16(11-15)18(22)23-2/h3-5,10-11H,6-9,12-13H2,1-2H3. The molecule has 0 unspecified atom stereocenters. The van der Waals surface area contributed by atoms with E-state index in [-0.39, 0.29) is 5.97 Å². The van der Waals surface area contributed by atoms with E-state index >= 15 is 0 Å². The van der Waals surface area contributed by atoms with Crippen molar-refractivity contribution in [3.63, 3.8) is 0 Å². The van der Waals surface area contributed by atoms with Crippen LogP contribution in [0.5, 0.6) is 0 Å². The van der Waals surface area contributed by atoms with Gasteiger partial charge in [-0.05, 0) is 24.6 Å². The number of hydrogen-bond donors (Lipinski definition) is 0. The van der Waals surface area contributed by atoms with E-state index < -0.39 is 0 Å². The predicted molar refractivity (Wildman–Crippen MR) is 89.6 cm³/mol. The minimum atomic E-state index is -0.287. The van der Waals surface area contributed by atoms with Gasteiger partial charge in [0, 0.05) is 45.3 Å². The number of carbonyl (C=O) groups is 1. The molecule has 0 atom stereocenters. The number of piperazine rings is 1. The number of hydrogen-bond acceptors (Lipinski definition) is 6. The minimum absolute atomic E-state index is 0.287. The van der Waals surface area contributed by atoms with Gasteiger partial charge in [0.25, 0.3) is 0 Å². The second-order valence-electron chi connectivity index (χ2n) is 6.17. The van der Waals surface area contributed by atoms with Crippen molar-refractivity contribution in [3.05, 3.63) is 52.9 Å². The summed E-state index contributed by atoms with van der Waals surface area (Å²) in [6.45, 7) is 7.60. The van der Waals surface area contributed by atoms with Crippen LogP contribution >= 0.6 is 0 Å². The van der Waals surface area contributed by atoms with Gasteiger partial charge in [-0.15, -0.1) is 0 Å². The Kier molecular flexibility index (Phi) is 5.27. The fourth-order valence-electron chi connectivity index (χ4n) is 3.00. The Morgan fingerprint density at radius 3 is 2.50 bits per heavy atom. The lowest BCUT2D eigenvalue weighted by Gasteiger charge is -2.34. The van der Waals surface area contributed by atoms with Gasteiger partial charge in [0.15, 0.2) is 0 Å². The molecule has 0 spiro atoms. The average Bonchev–Trinajstić information content (AvgIpc) is 3.01. The lowest BCUT2D eigenvalue weighted by molar-refractivity contribution is 0.0600. The number of aryl methyl sites for hydroxylation is 1. The first-order valence-electron chi connectivity index (χ1n) is 8.18. The number of aromatic nitrogens is 1. The van der Waals surface area contributed by atoms with E-state index in [4.69, 9.17) is 9.26 Å². The highest BCUT2D eigenvalue weighted by atomic mass is 16.5. The molecule has 2 heterocycles. The minimum Gasteiger partial charge on any atom is -0.465 e. The molecule has 24 heavy (non-hydrogen) atoms. The van der Waals surface area contributed by atoms with Crippen molar-refractivity contribution in [1.82, 2.24) is 15.0 Å². The summed E-state index contributed by atoms with van der Waals surface area (Å²) in [5.74, 6) is 0.568. The van der Waals surface area contributed by atoms with Gasteiger partial charge in [0.05, 0.1) is 18.4 Å². The van der Waals surface area contributed by atoms with Crippen LogP contribution in [0.3, 0.4) is 0 Å². The third kappa shape index (κ3) is 4.21. The van der Waals surface area contributed by atoms with Crippen molar-refractivity contribution < 1.29 is 14.1 Å². The number of rotatable bonds is 5. The molecule has 0 aliphatic carbocycles. The van der Waals surface area contributed by atoms with Crippen LogP contribution in [0.15, 0.2) is 34.9 Å². The predicted octanol–water partition coefficient (Wildman–Crippen LogP) is 2.09. The SMILES string of the molecule is COC(=O)c1cccc(CN2CCN(Cc3cc(C)on3)CC2)c1. The number of nitrogens with zero attached hydrogens (tertiary/aromatic N) is 3. The van der Waals surface area contributed by atoms with Gasteiger partial charge < -0.3 is 9.26 Å². The number of carbonyl (C=O) groups excluding carboxylic acids is 1. The summed E-state index contributed by atoms with van der Waals surface area (Å²) in [6, 6.07) is 9.65. The fraction of sp³-hybridized carbons (Fsp3) is 0.444. The van der Waals surface area contributed by atoms with Crippen molar-refractivity contribution in [3.8, 4) is 0 Å². The van der Waals surface area contributed by atoms with Gasteiger partial charge in [-0.25, -0.2) is 4.79 Å². The number of methoxy groups -OCH3 is 1. The Bertz CT molecular complexity index is 690. The zero-order valence-corrected chi connectivity index (χ0v) is 14.2. The lowest BCUT2D eigenvalue weighted by atomic mass is 10.1. The zero-order chi connectivity index (χ0) is 16.9. The third-order valence-electron chi connectivity index (χ3n) is 4.28. The Hall–Kier alpha value is -2.18. The fourth-order valence-corrected chi connectivity index (χ4v) is 3.00. The molecule has 2 aromatic rings. The van der Waals surface area contributed by atoms with E-state index in [0.717, 1.165) is 56.3 Å². The quantitative estimate of drug-likeness (QED) is 0.783. The molecule has 0 bridgehead atoms. The lowest BCUT2D eigenvalue weighted by Crippen LogP contribution is -2.45. The highest BCUT2D eigenvalue weighted by molar-refractivity contribution is 5.89. The molecule has 0 N–H and O–H groups in total. The smallest absolute Gasteiger partial charge is 0.337 e. The largest absolute Gasteiger partial charge is 0.465 e. The third-order valence-corrected chi connectivity index (χ3v) is 4.28. The van der Waals surface area contributed by atoms with Crippen molar-refractivity contribution in [2.75, 3.05) is 33.3 Å². The van der Waals surface area contributed by atoms with E-state index in [1.807, 2.05) is 25.1 Å². The number of benzene rings is 1. The van der Waals surface area contributed by atoms with E-state index in [2.05, 4.69) is 21.0 Å². The summed E-state index contributed by atoms with van der Waals surface area (Å²) in [5, 5.41) is 4.06. The highest BCUT2D eigenvalue weighted by Crippen LogP contribution is 2.13. The van der Waals surface area contributed by atoms with Crippen LogP contribution in [0.1, 0.15) is 27.4 Å². The van der Waals surface area contributed by atoms with Crippen molar-refractivity contribution >= 4 is 5.97 Å². The molecule has 0 amide bonds. The summed E-state index contributed by atoms with van der Waals surface area (Å²) < 4.78 is 9.90. The highest BCUT2D eigenvalue weighted by Gasteiger charge is 2.18. The van der Waals surface area contributed by atoms with Crippen LogP contribution in [0.25, 0.3) is 0 Å². The molecular formula is C18H23N3O3. The van der Waals surface area contributed by atoms with Gasteiger partial charge in [0.2, 0.25) is 0 Å². The van der Waals surface area contributed by atoms with Gasteiger partial charge in [-0.1, -0.05) is 17.3 Å². The molecule has 1 aliphatic heterocycles. The van der Waals surface area contributed by atoms with E-state index in [9.17, 15) is 4.79 Å². The zero-order valence-electron chi connectivity index (χ0n) is 14.2. The second-order valence-corrected chi connectivity index (χ2v) is 6.17. The summed E-state index contributed by atoms with van der Waals surface area (Å²) >= 11 is 0. The van der Waals surface area contributed by atoms with Gasteiger partial charge in [0.1, 0.15) is 5.76 Å². The van der Waals surface area contributed by atoms with Crippen molar-refractivity contribution in [1.29, 1.82) is 0 Å². The van der Waals surface area contributed by atoms with E-state index in [1.165, 1.54) is 7.11 Å². The van der Waals surface area contributed by atoms with Crippen LogP contribution in [0.4, 0.5) is 0 Å². The van der Waals surface area contributed by atoms with E-state index in [0.29, 0.717) is 5.56 Å². The van der Waals surface area contributed by atoms with Crippen LogP contribution in [-0.4, -0.2) is 54.2 Å². The summed E-state index contributed by atoms with van der Waals surface area (Å²) in [5.41, 5.74) is 2.74. The first-order valence-corrected chi connectivity index (χ1v) is 8.18. The van der Waals surface area contributed by atoms with Gasteiger partial charge in [-0.2, -0.15) is 0 Å². The Balaban J connectivity index is 1.51. The molecular weight excluding hydrogens is 306 g/mol. The topological polar surface area (TPSA) is 58.8 Å². The van der Waals surface area contributed by atoms with Crippen LogP contribution < -0.4 is 0 Å². The molecule has 6 nitrogen and oxygen atoms in total. The van der Waals surface area contributed by atoms with Crippen LogP contribution in [-0.2, 0) is 17.8 Å². The number of esters is 1. The van der Waals surface area contributed by atoms with Gasteiger partial charge in [-0.3, -0.25) is 9.80 Å². The van der Waals surface area contributed by atoms with Crippen molar-refractivity contribution in [2.24, 2.45) is 0 Å². The normalized spacial score (nSPS) is 16.2. The van der Waals surface area contributed by atoms with Gasteiger partial charge >= 0.3 is 5.97 Å². The molecule has 6 heteroatoms. The number of ether oxygens (including phenoxy) is 1. The first kappa shape index (κ1) is 16.7. The maximum absolute atomic E-state index is 11.6. The Labute approximate surface area is 142 Å². The molecule has 1 aromatic carbocycles. The van der Waals surface area contributed by atoms with Crippen LogP contribution in [0, 0.1) is 6.92 Å². The monoisotopic (exact) mass is 329 g/mol. The van der Waals surface area contributed by atoms with Crippen molar-refractivity contribution in [2.45, 2.75) is 20.0 Å². The first-order chi connectivity index (χ1) is 11.6. The summed E-state index contributed by atoms with van der Waals surface area (Å²) in [7, 11) is 1.41.